The molecule has 2 N–H and O–H groups in total. The Morgan fingerprint density at radius 2 is 2.23 bits per heavy atom. The number of pyridine rings is 1. The monoisotopic (exact) mass is 553 g/mol. The van der Waals surface area contributed by atoms with Gasteiger partial charge < -0.3 is 20.4 Å². The van der Waals surface area contributed by atoms with Gasteiger partial charge in [-0.2, -0.15) is 0 Å². The number of likely N-dealkylation sites (N-methyl/N-ethyl adjacent to an activating group) is 1. The van der Waals surface area contributed by atoms with Gasteiger partial charge in [0.1, 0.15) is 15.6 Å². The van der Waals surface area contributed by atoms with Gasteiger partial charge in [0.2, 0.25) is 0 Å². The van der Waals surface area contributed by atoms with Crippen molar-refractivity contribution in [2.75, 3.05) is 25.5 Å². The molecule has 2 fully saturated rings. The van der Waals surface area contributed by atoms with E-state index in [1.165, 1.54) is 17.4 Å². The van der Waals surface area contributed by atoms with Crippen molar-refractivity contribution in [1.29, 1.82) is 0 Å². The van der Waals surface area contributed by atoms with Crippen molar-refractivity contribution >= 4 is 78.1 Å². The Kier molecular flexibility index (Phi) is 5.02. The fourth-order valence-electron chi connectivity index (χ4n) is 4.00. The summed E-state index contributed by atoms with van der Waals surface area (Å²) in [5, 5.41) is 8.52. The van der Waals surface area contributed by atoms with E-state index in [0.29, 0.717) is 29.3 Å². The Bertz CT molecular complexity index is 1190. The van der Waals surface area contributed by atoms with Gasteiger partial charge in [-0.05, 0) is 65.1 Å². The van der Waals surface area contributed by atoms with E-state index >= 15 is 0 Å². The van der Waals surface area contributed by atoms with Crippen LogP contribution in [0.3, 0.4) is 0 Å². The van der Waals surface area contributed by atoms with Crippen LogP contribution in [-0.4, -0.2) is 58.0 Å². The lowest BCUT2D eigenvalue weighted by molar-refractivity contribution is 0.0786. The fourth-order valence-corrected chi connectivity index (χ4v) is 5.79. The first-order chi connectivity index (χ1) is 14.4. The number of fused-ring (bicyclic) bond motifs is 2. The molecule has 0 bridgehead atoms. The number of carbonyl (C=O) groups is 1. The highest BCUT2D eigenvalue weighted by atomic mass is 127. The predicted molar refractivity (Wildman–Crippen MR) is 129 cm³/mol. The van der Waals surface area contributed by atoms with Gasteiger partial charge in [0, 0.05) is 35.3 Å². The number of thiocarbonyl (C=S) groups is 1. The molecule has 2 aliphatic heterocycles. The number of halogens is 2. The first-order valence-corrected chi connectivity index (χ1v) is 11.6. The van der Waals surface area contributed by atoms with Crippen molar-refractivity contribution in [3.05, 3.63) is 51.5 Å². The average molecular weight is 553 g/mol. The molecule has 0 aliphatic carbocycles. The molecular weight excluding hydrogens is 536 g/mol. The Hall–Kier alpha value is -2.05. The fraction of sp³-hybridized carbons (Fsp3) is 0.250. The van der Waals surface area contributed by atoms with E-state index < -0.39 is 0 Å². The molecule has 6 nitrogen and oxygen atoms in total. The lowest BCUT2D eigenvalue weighted by Crippen LogP contribution is -2.38. The van der Waals surface area contributed by atoms with Crippen LogP contribution >= 0.6 is 46.1 Å². The van der Waals surface area contributed by atoms with Crippen molar-refractivity contribution in [2.24, 2.45) is 0 Å². The molecule has 2 atom stereocenters. The van der Waals surface area contributed by atoms with Crippen LogP contribution < -0.4 is 10.6 Å². The highest BCUT2D eigenvalue weighted by molar-refractivity contribution is 14.1. The second-order valence-corrected chi connectivity index (χ2v) is 9.99. The van der Waals surface area contributed by atoms with Crippen molar-refractivity contribution in [2.45, 2.75) is 12.1 Å². The Balaban J connectivity index is 1.51. The summed E-state index contributed by atoms with van der Waals surface area (Å²) in [7, 11) is 1.95. The number of anilines is 2. The highest BCUT2D eigenvalue weighted by Crippen LogP contribution is 2.38. The van der Waals surface area contributed by atoms with E-state index in [1.807, 2.05) is 35.0 Å². The van der Waals surface area contributed by atoms with Gasteiger partial charge in [-0.25, -0.2) is 9.37 Å². The Labute approximate surface area is 195 Å². The summed E-state index contributed by atoms with van der Waals surface area (Å²) in [5.41, 5.74) is 0.868. The lowest BCUT2D eigenvalue weighted by Gasteiger charge is -2.22. The van der Waals surface area contributed by atoms with Crippen LogP contribution in [0.4, 0.5) is 15.1 Å². The smallest absolute Gasteiger partial charge is 0.257 e. The topological polar surface area (TPSA) is 60.5 Å². The van der Waals surface area contributed by atoms with Gasteiger partial charge in [-0.1, -0.05) is 11.3 Å². The van der Waals surface area contributed by atoms with Crippen LogP contribution in [0.5, 0.6) is 0 Å². The number of likely N-dealkylation sites (tertiary alicyclic amines) is 1. The molecule has 0 spiro atoms. The Morgan fingerprint density at radius 3 is 3.00 bits per heavy atom. The number of rotatable bonds is 3. The third kappa shape index (κ3) is 3.30. The van der Waals surface area contributed by atoms with Crippen molar-refractivity contribution in [3.8, 4) is 0 Å². The second-order valence-electron chi connectivity index (χ2n) is 7.36. The number of nitrogens with one attached hydrogen (secondary N) is 2. The molecule has 30 heavy (non-hydrogen) atoms. The summed E-state index contributed by atoms with van der Waals surface area (Å²) in [6.07, 6.45) is 1.70. The zero-order valence-corrected chi connectivity index (χ0v) is 19.6. The minimum absolute atomic E-state index is 0.0850. The van der Waals surface area contributed by atoms with Gasteiger partial charge in [0.25, 0.3) is 5.91 Å². The number of nitrogens with zero attached hydrogens (tertiary/aromatic N) is 3. The van der Waals surface area contributed by atoms with Gasteiger partial charge in [-0.3, -0.25) is 4.79 Å². The predicted octanol–water partition coefficient (Wildman–Crippen LogP) is 3.80. The van der Waals surface area contributed by atoms with Crippen LogP contribution in [-0.2, 0) is 0 Å². The molecule has 2 saturated heterocycles. The maximum atomic E-state index is 14.5. The van der Waals surface area contributed by atoms with Crippen molar-refractivity contribution in [3.63, 3.8) is 0 Å². The SMILES string of the molecule is CN1C(=S)NC2CN(C(=O)c3c(Nc4ccc(I)cc4F)sc4ncccc34)CC21. The molecule has 2 unspecified atom stereocenters. The molecule has 1 aromatic carbocycles. The number of carbonyl (C=O) groups excluding carboxylic acids is 1. The second kappa shape index (κ2) is 7.57. The normalized spacial score (nSPS) is 20.6. The van der Waals surface area contributed by atoms with Crippen LogP contribution in [0.15, 0.2) is 36.5 Å². The highest BCUT2D eigenvalue weighted by Gasteiger charge is 2.44. The largest absolute Gasteiger partial charge is 0.356 e. The molecule has 5 rings (SSSR count). The Morgan fingerprint density at radius 1 is 1.40 bits per heavy atom. The van der Waals surface area contributed by atoms with Crippen LogP contribution in [0, 0.1) is 9.39 Å². The maximum Gasteiger partial charge on any atom is 0.257 e. The van der Waals surface area contributed by atoms with Gasteiger partial charge >= 0.3 is 0 Å². The van der Waals surface area contributed by atoms with E-state index in [0.717, 1.165) is 18.9 Å². The summed E-state index contributed by atoms with van der Waals surface area (Å²) in [4.78, 5) is 22.6. The van der Waals surface area contributed by atoms with E-state index in [1.54, 1.807) is 12.3 Å². The molecule has 1 amide bonds. The summed E-state index contributed by atoms with van der Waals surface area (Å²) >= 11 is 8.74. The molecular formula is C20H17FIN5OS2. The zero-order valence-electron chi connectivity index (χ0n) is 15.9. The van der Waals surface area contributed by atoms with Crippen LogP contribution in [0.1, 0.15) is 10.4 Å². The van der Waals surface area contributed by atoms with Gasteiger partial charge in [0.05, 0.1) is 23.3 Å². The third-order valence-corrected chi connectivity index (χ3v) is 7.67. The molecule has 0 radical (unpaired) electrons. The summed E-state index contributed by atoms with van der Waals surface area (Å²) in [5.74, 6) is -0.445. The zero-order chi connectivity index (χ0) is 21.0. The van der Waals surface area contributed by atoms with Crippen LogP contribution in [0.25, 0.3) is 10.2 Å². The molecule has 2 aromatic heterocycles. The number of thiophene rings is 1. The minimum atomic E-state index is -0.360. The maximum absolute atomic E-state index is 14.5. The quantitative estimate of drug-likeness (QED) is 0.381. The van der Waals surface area contributed by atoms with E-state index in [2.05, 4.69) is 38.2 Å². The standard InChI is InChI=1S/C20H17FIN5OS2/c1-26-15-9-27(8-14(15)25-20(26)29)19(28)16-11-3-2-6-23-17(11)30-18(16)24-13-5-4-10(22)7-12(13)21/h2-7,14-15,24H,8-9H2,1H3,(H,25,29). The lowest BCUT2D eigenvalue weighted by atomic mass is 10.1. The van der Waals surface area contributed by atoms with E-state index in [-0.39, 0.29) is 23.8 Å². The van der Waals surface area contributed by atoms with E-state index in [9.17, 15) is 9.18 Å². The number of hydrogen-bond donors (Lipinski definition) is 2. The summed E-state index contributed by atoms with van der Waals surface area (Å²) < 4.78 is 15.3. The summed E-state index contributed by atoms with van der Waals surface area (Å²) in [6, 6.07) is 8.95. The summed E-state index contributed by atoms with van der Waals surface area (Å²) in [6.45, 7) is 1.16. The van der Waals surface area contributed by atoms with Gasteiger partial charge in [-0.15, -0.1) is 0 Å². The molecule has 0 saturated carbocycles. The van der Waals surface area contributed by atoms with Crippen molar-refractivity contribution in [1.82, 2.24) is 20.1 Å². The average Bonchev–Trinajstić information content (AvgIpc) is 3.36. The van der Waals surface area contributed by atoms with E-state index in [4.69, 9.17) is 12.2 Å². The minimum Gasteiger partial charge on any atom is -0.356 e. The third-order valence-electron chi connectivity index (χ3n) is 5.56. The molecule has 3 aromatic rings. The molecule has 10 heteroatoms. The molecule has 154 valence electrons. The van der Waals surface area contributed by atoms with Gasteiger partial charge in [0.15, 0.2) is 5.11 Å². The number of benzene rings is 1. The number of hydrogen-bond acceptors (Lipinski definition) is 5. The van der Waals surface area contributed by atoms with Crippen LogP contribution in [0.2, 0.25) is 0 Å². The van der Waals surface area contributed by atoms with Crippen molar-refractivity contribution < 1.29 is 9.18 Å². The number of aromatic nitrogens is 1. The first kappa shape index (κ1) is 19.9. The first-order valence-electron chi connectivity index (χ1n) is 9.34. The molecule has 2 aliphatic rings. The molecule has 4 heterocycles. The number of amides is 1.